The quantitative estimate of drug-likeness (QED) is 0.644. The van der Waals surface area contributed by atoms with E-state index in [9.17, 15) is 5.11 Å². The van der Waals surface area contributed by atoms with Crippen LogP contribution >= 0.6 is 22.6 Å². The second-order valence-corrected chi connectivity index (χ2v) is 6.05. The largest absolute Gasteiger partial charge is 0.506 e. The van der Waals surface area contributed by atoms with Crippen molar-refractivity contribution in [1.82, 2.24) is 4.98 Å². The van der Waals surface area contributed by atoms with E-state index >= 15 is 0 Å². The van der Waals surface area contributed by atoms with Gasteiger partial charge in [0.2, 0.25) is 0 Å². The first kappa shape index (κ1) is 14.8. The number of benzene rings is 2. The number of aromatic nitrogens is 1. The van der Waals surface area contributed by atoms with Gasteiger partial charge in [-0.05, 0) is 65.1 Å². The third-order valence-electron chi connectivity index (χ3n) is 3.35. The molecule has 0 radical (unpaired) electrons. The van der Waals surface area contributed by atoms with Gasteiger partial charge in [0.1, 0.15) is 17.0 Å². The van der Waals surface area contributed by atoms with Crippen LogP contribution in [0.5, 0.6) is 11.5 Å². The molecule has 110 valence electrons. The Balaban J connectivity index is 1.99. The predicted molar refractivity (Wildman–Crippen MR) is 98.0 cm³/mol. The van der Waals surface area contributed by atoms with Crippen molar-refractivity contribution < 1.29 is 9.84 Å². The summed E-state index contributed by atoms with van der Waals surface area (Å²) in [7, 11) is 1.66. The molecule has 0 aliphatic carbocycles. The van der Waals surface area contributed by atoms with Crippen molar-refractivity contribution in [3.05, 3.63) is 63.4 Å². The zero-order valence-corrected chi connectivity index (χ0v) is 14.1. The van der Waals surface area contributed by atoms with E-state index in [1.807, 2.05) is 48.6 Å². The van der Waals surface area contributed by atoms with Gasteiger partial charge in [-0.3, -0.25) is 0 Å². The summed E-state index contributed by atoms with van der Waals surface area (Å²) in [6.07, 6.45) is 3.88. The lowest BCUT2D eigenvalue weighted by Crippen LogP contribution is -1.88. The molecular formula is C18H14INO2. The van der Waals surface area contributed by atoms with Crippen LogP contribution in [0.4, 0.5) is 0 Å². The molecule has 3 rings (SSSR count). The van der Waals surface area contributed by atoms with Crippen molar-refractivity contribution >= 4 is 45.6 Å². The van der Waals surface area contributed by atoms with Gasteiger partial charge in [0.25, 0.3) is 0 Å². The third kappa shape index (κ3) is 3.06. The molecule has 0 unspecified atom stereocenters. The number of hydrogen-bond acceptors (Lipinski definition) is 3. The molecule has 0 atom stereocenters. The highest BCUT2D eigenvalue weighted by Gasteiger charge is 2.03. The van der Waals surface area contributed by atoms with Crippen LogP contribution in [0.3, 0.4) is 0 Å². The first-order chi connectivity index (χ1) is 10.7. The highest BCUT2D eigenvalue weighted by atomic mass is 127. The van der Waals surface area contributed by atoms with Gasteiger partial charge in [-0.2, -0.15) is 0 Å². The lowest BCUT2D eigenvalue weighted by atomic mass is 10.1. The summed E-state index contributed by atoms with van der Waals surface area (Å²) in [5.41, 5.74) is 2.39. The van der Waals surface area contributed by atoms with Crippen LogP contribution in [-0.4, -0.2) is 17.2 Å². The number of pyridine rings is 1. The van der Waals surface area contributed by atoms with Crippen LogP contribution in [0.15, 0.2) is 48.5 Å². The van der Waals surface area contributed by atoms with E-state index in [0.717, 1.165) is 26.0 Å². The van der Waals surface area contributed by atoms with Crippen molar-refractivity contribution in [2.24, 2.45) is 0 Å². The van der Waals surface area contributed by atoms with Gasteiger partial charge in [-0.25, -0.2) is 4.98 Å². The fourth-order valence-corrected chi connectivity index (χ4v) is 2.77. The maximum atomic E-state index is 9.89. The van der Waals surface area contributed by atoms with Crippen molar-refractivity contribution in [2.75, 3.05) is 7.11 Å². The Labute approximate surface area is 142 Å². The minimum Gasteiger partial charge on any atom is -0.506 e. The monoisotopic (exact) mass is 403 g/mol. The van der Waals surface area contributed by atoms with Crippen molar-refractivity contribution in [3.63, 3.8) is 0 Å². The number of ether oxygens (including phenoxy) is 1. The zero-order chi connectivity index (χ0) is 15.5. The summed E-state index contributed by atoms with van der Waals surface area (Å²) in [6.45, 7) is 0. The molecule has 3 aromatic rings. The molecule has 0 bridgehead atoms. The van der Waals surface area contributed by atoms with Gasteiger partial charge in [0.05, 0.1) is 12.8 Å². The average Bonchev–Trinajstić information content (AvgIpc) is 2.53. The molecule has 1 heterocycles. The molecule has 1 aromatic heterocycles. The fourth-order valence-electron chi connectivity index (χ4n) is 2.25. The lowest BCUT2D eigenvalue weighted by molar-refractivity contribution is 0.414. The predicted octanol–water partition coefficient (Wildman–Crippen LogP) is 4.72. The number of phenolic OH excluding ortho intramolecular Hbond substituents is 1. The molecule has 2 aromatic carbocycles. The number of rotatable bonds is 3. The third-order valence-corrected chi connectivity index (χ3v) is 4.02. The van der Waals surface area contributed by atoms with Gasteiger partial charge < -0.3 is 9.84 Å². The highest BCUT2D eigenvalue weighted by Crippen LogP contribution is 2.25. The summed E-state index contributed by atoms with van der Waals surface area (Å²) >= 11 is 2.27. The highest BCUT2D eigenvalue weighted by molar-refractivity contribution is 14.1. The summed E-state index contributed by atoms with van der Waals surface area (Å²) < 4.78 is 6.50. The van der Waals surface area contributed by atoms with Gasteiger partial charge in [-0.1, -0.05) is 18.2 Å². The van der Waals surface area contributed by atoms with E-state index in [1.54, 1.807) is 13.2 Å². The van der Waals surface area contributed by atoms with E-state index in [-0.39, 0.29) is 5.75 Å². The van der Waals surface area contributed by atoms with E-state index in [2.05, 4.69) is 33.6 Å². The van der Waals surface area contributed by atoms with Crippen LogP contribution in [-0.2, 0) is 0 Å². The van der Waals surface area contributed by atoms with E-state index in [4.69, 9.17) is 4.74 Å². The second kappa shape index (κ2) is 6.36. The Bertz CT molecular complexity index is 859. The van der Waals surface area contributed by atoms with Gasteiger partial charge in [0, 0.05) is 14.5 Å². The number of aromatic hydroxyl groups is 1. The SMILES string of the molecule is COc1ccc(I)cc1/C=C/c1ccc2cccc(O)c2n1. The minimum absolute atomic E-state index is 0.194. The van der Waals surface area contributed by atoms with Crippen LogP contribution in [0.2, 0.25) is 0 Å². The average molecular weight is 403 g/mol. The molecule has 4 heteroatoms. The first-order valence-corrected chi connectivity index (χ1v) is 7.85. The molecule has 3 nitrogen and oxygen atoms in total. The van der Waals surface area contributed by atoms with E-state index < -0.39 is 0 Å². The Morgan fingerprint density at radius 1 is 1.09 bits per heavy atom. The molecule has 0 spiro atoms. The summed E-state index contributed by atoms with van der Waals surface area (Å²) in [5.74, 6) is 1.01. The van der Waals surface area contributed by atoms with Gasteiger partial charge in [0.15, 0.2) is 0 Å². The number of para-hydroxylation sites is 1. The maximum absolute atomic E-state index is 9.89. The van der Waals surface area contributed by atoms with E-state index in [0.29, 0.717) is 5.52 Å². The lowest BCUT2D eigenvalue weighted by Gasteiger charge is -2.05. The number of nitrogens with zero attached hydrogens (tertiary/aromatic N) is 1. The minimum atomic E-state index is 0.194. The molecule has 0 saturated heterocycles. The molecular weight excluding hydrogens is 389 g/mol. The smallest absolute Gasteiger partial charge is 0.141 e. The van der Waals surface area contributed by atoms with Crippen molar-refractivity contribution in [2.45, 2.75) is 0 Å². The zero-order valence-electron chi connectivity index (χ0n) is 12.0. The fraction of sp³-hybridized carbons (Fsp3) is 0.0556. The van der Waals surface area contributed by atoms with Crippen LogP contribution in [0, 0.1) is 3.57 Å². The van der Waals surface area contributed by atoms with Crippen LogP contribution in [0.25, 0.3) is 23.1 Å². The number of halogens is 1. The standard InChI is InChI=1S/C18H14INO2/c1-22-17-10-7-14(19)11-13(17)6-9-15-8-5-12-3-2-4-16(21)18(12)20-15/h2-11,21H,1H3/b9-6+. The van der Waals surface area contributed by atoms with Gasteiger partial charge in [-0.15, -0.1) is 0 Å². The summed E-state index contributed by atoms with van der Waals surface area (Å²) in [6, 6.07) is 15.3. The van der Waals surface area contributed by atoms with Crippen LogP contribution in [0.1, 0.15) is 11.3 Å². The Morgan fingerprint density at radius 3 is 2.77 bits per heavy atom. The maximum Gasteiger partial charge on any atom is 0.141 e. The number of fused-ring (bicyclic) bond motifs is 1. The molecule has 1 N–H and O–H groups in total. The summed E-state index contributed by atoms with van der Waals surface area (Å²) in [4.78, 5) is 4.49. The van der Waals surface area contributed by atoms with Crippen LogP contribution < -0.4 is 4.74 Å². The normalized spacial score (nSPS) is 11.2. The molecule has 0 aliphatic heterocycles. The molecule has 22 heavy (non-hydrogen) atoms. The molecule has 0 amide bonds. The Morgan fingerprint density at radius 2 is 1.95 bits per heavy atom. The first-order valence-electron chi connectivity index (χ1n) is 6.78. The van der Waals surface area contributed by atoms with Crippen molar-refractivity contribution in [3.8, 4) is 11.5 Å². The van der Waals surface area contributed by atoms with Gasteiger partial charge >= 0.3 is 0 Å². The molecule has 0 fully saturated rings. The Kier molecular flexibility index (Phi) is 4.29. The Hall–Kier alpha value is -2.08. The van der Waals surface area contributed by atoms with Crippen molar-refractivity contribution in [1.29, 1.82) is 0 Å². The second-order valence-electron chi connectivity index (χ2n) is 4.80. The van der Waals surface area contributed by atoms with E-state index in [1.165, 1.54) is 0 Å². The number of phenols is 1. The number of hydrogen-bond donors (Lipinski definition) is 1. The molecule has 0 aliphatic rings. The number of methoxy groups -OCH3 is 1. The summed E-state index contributed by atoms with van der Waals surface area (Å²) in [5, 5.41) is 10.8. The molecule has 0 saturated carbocycles. The topological polar surface area (TPSA) is 42.4 Å².